The number of rotatable bonds is 4. The standard InChI is InChI=1S/C27H33F2N7O3/c1-27(2,3)39-26(38)31-18-6-4-12-34(16-18)25(37)32-24-15-30-22-10-11-23(33-36(22)24)35-13-5-7-21(35)19-14-17(28)8-9-20(19)29/h8-11,14-15,18,21H,4-7,12-13,16H2,1-3H3,(H,31,38)(H,32,37). The molecule has 2 aromatic heterocycles. The van der Waals surface area contributed by atoms with E-state index in [9.17, 15) is 18.4 Å². The Balaban J connectivity index is 1.30. The molecule has 10 nitrogen and oxygen atoms in total. The van der Waals surface area contributed by atoms with Crippen molar-refractivity contribution in [1.29, 1.82) is 0 Å². The normalized spacial score (nSPS) is 19.8. The summed E-state index contributed by atoms with van der Waals surface area (Å²) in [7, 11) is 0. The molecule has 0 aliphatic carbocycles. The minimum atomic E-state index is -0.606. The number of imidazole rings is 1. The first kappa shape index (κ1) is 26.6. The molecule has 2 aliphatic heterocycles. The molecule has 39 heavy (non-hydrogen) atoms. The van der Waals surface area contributed by atoms with Crippen molar-refractivity contribution in [1.82, 2.24) is 24.8 Å². The molecule has 208 valence electrons. The highest BCUT2D eigenvalue weighted by Gasteiger charge is 2.31. The van der Waals surface area contributed by atoms with Crippen molar-refractivity contribution in [3.8, 4) is 0 Å². The van der Waals surface area contributed by atoms with E-state index < -0.39 is 23.3 Å². The van der Waals surface area contributed by atoms with Crippen LogP contribution in [0, 0.1) is 11.6 Å². The highest BCUT2D eigenvalue weighted by molar-refractivity contribution is 5.89. The van der Waals surface area contributed by atoms with Crippen LogP contribution in [-0.2, 0) is 4.74 Å². The third kappa shape index (κ3) is 6.04. The van der Waals surface area contributed by atoms with Crippen LogP contribution in [0.2, 0.25) is 0 Å². The van der Waals surface area contributed by atoms with Gasteiger partial charge in [-0.25, -0.2) is 23.4 Å². The third-order valence-electron chi connectivity index (χ3n) is 6.88. The maximum atomic E-state index is 14.6. The lowest BCUT2D eigenvalue weighted by molar-refractivity contribution is 0.0480. The molecule has 0 spiro atoms. The number of amides is 3. The smallest absolute Gasteiger partial charge is 0.407 e. The lowest BCUT2D eigenvalue weighted by Gasteiger charge is -2.33. The Hall–Kier alpha value is -3.96. The Bertz CT molecular complexity index is 1370. The number of piperidine rings is 1. The molecule has 12 heteroatoms. The van der Waals surface area contributed by atoms with Crippen molar-refractivity contribution in [3.63, 3.8) is 0 Å². The number of carbonyl (C=O) groups excluding carboxylic acids is 2. The van der Waals surface area contributed by atoms with E-state index in [1.54, 1.807) is 37.8 Å². The van der Waals surface area contributed by atoms with Gasteiger partial charge in [0.2, 0.25) is 0 Å². The molecule has 2 unspecified atom stereocenters. The second-order valence-corrected chi connectivity index (χ2v) is 11.0. The molecular weight excluding hydrogens is 508 g/mol. The summed E-state index contributed by atoms with van der Waals surface area (Å²) in [5.41, 5.74) is 0.226. The minimum Gasteiger partial charge on any atom is -0.444 e. The van der Waals surface area contributed by atoms with E-state index in [2.05, 4.69) is 20.7 Å². The zero-order chi connectivity index (χ0) is 27.7. The Morgan fingerprint density at radius 3 is 2.67 bits per heavy atom. The van der Waals surface area contributed by atoms with Gasteiger partial charge in [-0.05, 0) is 76.8 Å². The first-order valence-corrected chi connectivity index (χ1v) is 13.2. The van der Waals surface area contributed by atoms with Gasteiger partial charge in [-0.15, -0.1) is 5.10 Å². The van der Waals surface area contributed by atoms with Gasteiger partial charge in [0.15, 0.2) is 11.5 Å². The molecule has 5 rings (SSSR count). The Morgan fingerprint density at radius 1 is 1.08 bits per heavy atom. The third-order valence-corrected chi connectivity index (χ3v) is 6.88. The molecule has 4 heterocycles. The highest BCUT2D eigenvalue weighted by Crippen LogP contribution is 2.36. The number of hydrogen-bond acceptors (Lipinski definition) is 6. The summed E-state index contributed by atoms with van der Waals surface area (Å²) in [6.07, 6.45) is 3.97. The van der Waals surface area contributed by atoms with Crippen LogP contribution in [0.3, 0.4) is 0 Å². The highest BCUT2D eigenvalue weighted by atomic mass is 19.1. The van der Waals surface area contributed by atoms with Crippen LogP contribution in [0.5, 0.6) is 0 Å². The second-order valence-electron chi connectivity index (χ2n) is 11.0. The summed E-state index contributed by atoms with van der Waals surface area (Å²) in [6.45, 7) is 6.91. The zero-order valence-electron chi connectivity index (χ0n) is 22.3. The number of ether oxygens (including phenoxy) is 1. The summed E-state index contributed by atoms with van der Waals surface area (Å²) in [5, 5.41) is 10.4. The van der Waals surface area contributed by atoms with Crippen molar-refractivity contribution in [2.75, 3.05) is 29.9 Å². The topological polar surface area (TPSA) is 104 Å². The predicted molar refractivity (Wildman–Crippen MR) is 142 cm³/mol. The largest absolute Gasteiger partial charge is 0.444 e. The van der Waals surface area contributed by atoms with Crippen molar-refractivity contribution in [3.05, 3.63) is 53.7 Å². The van der Waals surface area contributed by atoms with Gasteiger partial charge in [0, 0.05) is 31.2 Å². The van der Waals surface area contributed by atoms with Gasteiger partial charge >= 0.3 is 12.1 Å². The maximum Gasteiger partial charge on any atom is 0.407 e. The van der Waals surface area contributed by atoms with E-state index in [0.29, 0.717) is 48.9 Å². The van der Waals surface area contributed by atoms with Crippen molar-refractivity contribution in [2.24, 2.45) is 0 Å². The van der Waals surface area contributed by atoms with Gasteiger partial charge in [0.1, 0.15) is 23.1 Å². The molecule has 2 atom stereocenters. The Labute approximate surface area is 225 Å². The van der Waals surface area contributed by atoms with Crippen LogP contribution in [0.15, 0.2) is 36.5 Å². The number of carbonyl (C=O) groups is 2. The van der Waals surface area contributed by atoms with Crippen LogP contribution in [0.25, 0.3) is 5.65 Å². The lowest BCUT2D eigenvalue weighted by atomic mass is 10.0. The molecule has 0 radical (unpaired) electrons. The zero-order valence-corrected chi connectivity index (χ0v) is 22.3. The molecule has 2 saturated heterocycles. The lowest BCUT2D eigenvalue weighted by Crippen LogP contribution is -2.51. The van der Waals surface area contributed by atoms with Gasteiger partial charge in [-0.2, -0.15) is 4.52 Å². The number of likely N-dealkylation sites (tertiary alicyclic amines) is 1. The van der Waals surface area contributed by atoms with E-state index in [4.69, 9.17) is 4.74 Å². The number of anilines is 2. The van der Waals surface area contributed by atoms with Crippen molar-refractivity contribution < 1.29 is 23.1 Å². The molecule has 3 amide bonds. The van der Waals surface area contributed by atoms with Crippen LogP contribution < -0.4 is 15.5 Å². The number of nitrogens with zero attached hydrogens (tertiary/aromatic N) is 5. The molecule has 2 fully saturated rings. The summed E-state index contributed by atoms with van der Waals surface area (Å²) in [4.78, 5) is 33.2. The van der Waals surface area contributed by atoms with E-state index in [1.165, 1.54) is 16.8 Å². The SMILES string of the molecule is CC(C)(C)OC(=O)NC1CCCN(C(=O)Nc2cnc3ccc(N4CCCC4c4cc(F)ccc4F)nn23)C1. The monoisotopic (exact) mass is 541 g/mol. The van der Waals surface area contributed by atoms with Gasteiger partial charge in [0.25, 0.3) is 0 Å². The fraction of sp³-hybridized carbons (Fsp3) is 0.481. The second kappa shape index (κ2) is 10.7. The van der Waals surface area contributed by atoms with Crippen molar-refractivity contribution in [2.45, 2.75) is 64.1 Å². The first-order valence-electron chi connectivity index (χ1n) is 13.2. The Kier molecular flexibility index (Phi) is 7.28. The molecule has 2 aliphatic rings. The molecule has 1 aromatic carbocycles. The van der Waals surface area contributed by atoms with Crippen LogP contribution in [0.1, 0.15) is 58.1 Å². The number of benzene rings is 1. The summed E-state index contributed by atoms with van der Waals surface area (Å²) < 4.78 is 35.3. The van der Waals surface area contributed by atoms with Gasteiger partial charge in [0.05, 0.1) is 12.2 Å². The van der Waals surface area contributed by atoms with E-state index in [-0.39, 0.29) is 18.1 Å². The van der Waals surface area contributed by atoms with E-state index >= 15 is 0 Å². The molecule has 3 aromatic rings. The average Bonchev–Trinajstić information content (AvgIpc) is 3.51. The quantitative estimate of drug-likeness (QED) is 0.489. The molecule has 0 bridgehead atoms. The van der Waals surface area contributed by atoms with Crippen LogP contribution in [-0.4, -0.2) is 62.9 Å². The molecule has 2 N–H and O–H groups in total. The first-order chi connectivity index (χ1) is 18.6. The number of fused-ring (bicyclic) bond motifs is 1. The van der Waals surface area contributed by atoms with Gasteiger partial charge < -0.3 is 19.9 Å². The number of urea groups is 1. The average molecular weight is 542 g/mol. The number of alkyl carbamates (subject to hydrolysis) is 1. The van der Waals surface area contributed by atoms with Gasteiger partial charge in [-0.3, -0.25) is 5.32 Å². The van der Waals surface area contributed by atoms with Gasteiger partial charge in [-0.1, -0.05) is 0 Å². The molecular formula is C27H33F2N7O3. The predicted octanol–water partition coefficient (Wildman–Crippen LogP) is 4.87. The number of hydrogen-bond donors (Lipinski definition) is 2. The number of aromatic nitrogens is 3. The van der Waals surface area contributed by atoms with Crippen molar-refractivity contribution >= 4 is 29.4 Å². The van der Waals surface area contributed by atoms with Crippen LogP contribution >= 0.6 is 0 Å². The summed E-state index contributed by atoms with van der Waals surface area (Å²) >= 11 is 0. The maximum absolute atomic E-state index is 14.6. The Morgan fingerprint density at radius 2 is 1.87 bits per heavy atom. The van der Waals surface area contributed by atoms with E-state index in [0.717, 1.165) is 31.4 Å². The number of halogens is 2. The minimum absolute atomic E-state index is 0.221. The molecule has 0 saturated carbocycles. The fourth-order valence-corrected chi connectivity index (χ4v) is 5.18. The van der Waals surface area contributed by atoms with E-state index in [1.807, 2.05) is 4.90 Å². The number of nitrogens with one attached hydrogen (secondary N) is 2. The van der Waals surface area contributed by atoms with Crippen LogP contribution in [0.4, 0.5) is 30.0 Å². The summed E-state index contributed by atoms with van der Waals surface area (Å²) in [6, 6.07) is 6.16. The fourth-order valence-electron chi connectivity index (χ4n) is 5.18. The summed E-state index contributed by atoms with van der Waals surface area (Å²) in [5.74, 6) is 0.0157.